The number of nitrogens with one attached hydrogen (secondary N) is 1. The zero-order valence-electron chi connectivity index (χ0n) is 20.2. The molecule has 2 aromatic carbocycles. The summed E-state index contributed by atoms with van der Waals surface area (Å²) in [6.07, 6.45) is 2.28. The number of benzene rings is 2. The summed E-state index contributed by atoms with van der Waals surface area (Å²) in [5.74, 6) is 1.97. The Morgan fingerprint density at radius 1 is 0.919 bits per heavy atom. The van der Waals surface area contributed by atoms with Crippen LogP contribution in [-0.2, 0) is 13.0 Å². The van der Waals surface area contributed by atoms with E-state index >= 15 is 0 Å². The van der Waals surface area contributed by atoms with Crippen molar-refractivity contribution in [2.75, 3.05) is 31.1 Å². The second-order valence-corrected chi connectivity index (χ2v) is 9.25. The highest BCUT2D eigenvalue weighted by atomic mass is 19.1. The number of pyridine rings is 1. The van der Waals surface area contributed by atoms with Crippen LogP contribution in [0.4, 0.5) is 10.2 Å². The van der Waals surface area contributed by atoms with Crippen LogP contribution in [0.3, 0.4) is 0 Å². The van der Waals surface area contributed by atoms with Crippen molar-refractivity contribution in [3.8, 4) is 11.3 Å². The molecule has 186 valence electrons. The first-order chi connectivity index (χ1) is 18.1. The molecular weight excluding hydrogens is 469 g/mol. The predicted molar refractivity (Wildman–Crippen MR) is 141 cm³/mol. The molecule has 0 spiro atoms. The number of hydrogen-bond donors (Lipinski definition) is 1. The number of anilines is 1. The standard InChI is InChI=1S/C29H26FN5O2/c30-25-10-8-20(18-26-22-5-1-2-6-23(22)29(36)33-32-26)17-24(25)27-11-9-21(37-27)19-34-13-15-35(16-14-34)28-7-3-4-12-31-28/h1-12,17H,13-16,18-19H2,(H,33,36). The molecule has 0 radical (unpaired) electrons. The van der Waals surface area contributed by atoms with E-state index in [0.717, 1.165) is 54.4 Å². The quantitative estimate of drug-likeness (QED) is 0.370. The van der Waals surface area contributed by atoms with Crippen LogP contribution in [-0.4, -0.2) is 46.3 Å². The summed E-state index contributed by atoms with van der Waals surface area (Å²) < 4.78 is 20.9. The normalized spacial score (nSPS) is 14.4. The van der Waals surface area contributed by atoms with E-state index in [1.165, 1.54) is 6.07 Å². The predicted octanol–water partition coefficient (Wildman–Crippen LogP) is 4.63. The van der Waals surface area contributed by atoms with E-state index in [-0.39, 0.29) is 11.4 Å². The molecule has 0 unspecified atom stereocenters. The third-order valence-corrected chi connectivity index (χ3v) is 6.83. The second-order valence-electron chi connectivity index (χ2n) is 9.25. The fraction of sp³-hybridized carbons (Fsp3) is 0.207. The van der Waals surface area contributed by atoms with Crippen molar-refractivity contribution < 1.29 is 8.81 Å². The molecule has 1 N–H and O–H groups in total. The molecule has 0 bridgehead atoms. The number of nitrogens with zero attached hydrogens (tertiary/aromatic N) is 4. The van der Waals surface area contributed by atoms with Crippen LogP contribution in [0.1, 0.15) is 17.0 Å². The number of rotatable bonds is 6. The van der Waals surface area contributed by atoms with Crippen LogP contribution in [0.25, 0.3) is 22.1 Å². The maximum absolute atomic E-state index is 14.8. The maximum Gasteiger partial charge on any atom is 0.272 e. The van der Waals surface area contributed by atoms with E-state index in [9.17, 15) is 9.18 Å². The van der Waals surface area contributed by atoms with Crippen molar-refractivity contribution in [3.05, 3.63) is 112 Å². The summed E-state index contributed by atoms with van der Waals surface area (Å²) in [7, 11) is 0. The lowest BCUT2D eigenvalue weighted by Gasteiger charge is -2.34. The van der Waals surface area contributed by atoms with Gasteiger partial charge in [-0.25, -0.2) is 14.5 Å². The van der Waals surface area contributed by atoms with Crippen LogP contribution in [0.5, 0.6) is 0 Å². The average Bonchev–Trinajstić information content (AvgIpc) is 3.40. The van der Waals surface area contributed by atoms with Gasteiger partial charge in [0.25, 0.3) is 5.56 Å². The van der Waals surface area contributed by atoms with Gasteiger partial charge in [-0.2, -0.15) is 5.10 Å². The lowest BCUT2D eigenvalue weighted by atomic mass is 10.0. The molecule has 0 aliphatic carbocycles. The van der Waals surface area contributed by atoms with Crippen LogP contribution < -0.4 is 10.5 Å². The topological polar surface area (TPSA) is 78.3 Å². The highest BCUT2D eigenvalue weighted by Gasteiger charge is 2.20. The SMILES string of the molecule is O=c1[nH]nc(Cc2ccc(F)c(-c3ccc(CN4CCN(c5ccccn5)CC4)o3)c2)c2ccccc12. The van der Waals surface area contributed by atoms with E-state index in [4.69, 9.17) is 4.42 Å². The Kier molecular flexibility index (Phi) is 6.24. The van der Waals surface area contributed by atoms with Gasteiger partial charge < -0.3 is 9.32 Å². The zero-order valence-corrected chi connectivity index (χ0v) is 20.2. The van der Waals surface area contributed by atoms with Crippen LogP contribution in [0.15, 0.2) is 88.2 Å². The Hall–Kier alpha value is -4.30. The van der Waals surface area contributed by atoms with Gasteiger partial charge in [-0.15, -0.1) is 0 Å². The minimum absolute atomic E-state index is 0.222. The molecular formula is C29H26FN5O2. The Morgan fingerprint density at radius 3 is 2.54 bits per heavy atom. The van der Waals surface area contributed by atoms with Gasteiger partial charge >= 0.3 is 0 Å². The molecule has 1 fully saturated rings. The van der Waals surface area contributed by atoms with Crippen LogP contribution in [0.2, 0.25) is 0 Å². The van der Waals surface area contributed by atoms with Crippen molar-refractivity contribution in [2.45, 2.75) is 13.0 Å². The smallest absolute Gasteiger partial charge is 0.272 e. The van der Waals surface area contributed by atoms with Gasteiger partial charge in [-0.05, 0) is 48.0 Å². The minimum Gasteiger partial charge on any atom is -0.460 e. The van der Waals surface area contributed by atoms with Crippen molar-refractivity contribution in [1.29, 1.82) is 0 Å². The highest BCUT2D eigenvalue weighted by molar-refractivity contribution is 5.83. The fourth-order valence-corrected chi connectivity index (χ4v) is 4.87. The van der Waals surface area contributed by atoms with E-state index < -0.39 is 0 Å². The lowest BCUT2D eigenvalue weighted by Crippen LogP contribution is -2.46. The molecule has 4 heterocycles. The Labute approximate surface area is 213 Å². The Morgan fingerprint density at radius 2 is 1.73 bits per heavy atom. The monoisotopic (exact) mass is 495 g/mol. The first-order valence-corrected chi connectivity index (χ1v) is 12.4. The first kappa shape index (κ1) is 23.1. The third-order valence-electron chi connectivity index (χ3n) is 6.83. The van der Waals surface area contributed by atoms with Crippen molar-refractivity contribution in [2.24, 2.45) is 0 Å². The number of piperazine rings is 1. The number of fused-ring (bicyclic) bond motifs is 1. The first-order valence-electron chi connectivity index (χ1n) is 12.4. The molecule has 3 aromatic heterocycles. The Bertz CT molecular complexity index is 1590. The number of aromatic nitrogens is 3. The molecule has 0 atom stereocenters. The van der Waals surface area contributed by atoms with E-state index in [0.29, 0.717) is 29.7 Å². The summed E-state index contributed by atoms with van der Waals surface area (Å²) in [6.45, 7) is 4.27. The summed E-state index contributed by atoms with van der Waals surface area (Å²) in [6, 6.07) is 22.1. The summed E-state index contributed by atoms with van der Waals surface area (Å²) >= 11 is 0. The average molecular weight is 496 g/mol. The van der Waals surface area contributed by atoms with Crippen LogP contribution in [0, 0.1) is 5.82 Å². The van der Waals surface area contributed by atoms with E-state index in [1.807, 2.05) is 54.7 Å². The van der Waals surface area contributed by atoms with Gasteiger partial charge in [-0.3, -0.25) is 9.69 Å². The van der Waals surface area contributed by atoms with Gasteiger partial charge in [0.05, 0.1) is 23.2 Å². The second kappa shape index (κ2) is 9.99. The van der Waals surface area contributed by atoms with Gasteiger partial charge in [0, 0.05) is 44.2 Å². The van der Waals surface area contributed by atoms with Crippen molar-refractivity contribution in [3.63, 3.8) is 0 Å². The molecule has 6 rings (SSSR count). The zero-order chi connectivity index (χ0) is 25.2. The maximum atomic E-state index is 14.8. The van der Waals surface area contributed by atoms with Gasteiger partial charge in [0.15, 0.2) is 0 Å². The summed E-state index contributed by atoms with van der Waals surface area (Å²) in [5.41, 5.74) is 1.81. The molecule has 8 heteroatoms. The van der Waals surface area contributed by atoms with Crippen LogP contribution >= 0.6 is 0 Å². The molecule has 5 aromatic rings. The van der Waals surface area contributed by atoms with Gasteiger partial charge in [0.2, 0.25) is 0 Å². The van der Waals surface area contributed by atoms with E-state index in [1.54, 1.807) is 18.2 Å². The van der Waals surface area contributed by atoms with Gasteiger partial charge in [-0.1, -0.05) is 30.3 Å². The molecule has 0 amide bonds. The fourth-order valence-electron chi connectivity index (χ4n) is 4.87. The number of furan rings is 1. The largest absolute Gasteiger partial charge is 0.460 e. The summed E-state index contributed by atoms with van der Waals surface area (Å²) in [5, 5.41) is 8.20. The lowest BCUT2D eigenvalue weighted by molar-refractivity contribution is 0.231. The Balaban J connectivity index is 1.16. The number of halogens is 1. The van der Waals surface area contributed by atoms with Gasteiger partial charge in [0.1, 0.15) is 23.2 Å². The molecule has 0 saturated carbocycles. The molecule has 37 heavy (non-hydrogen) atoms. The molecule has 1 aliphatic heterocycles. The number of hydrogen-bond acceptors (Lipinski definition) is 6. The molecule has 7 nitrogen and oxygen atoms in total. The van der Waals surface area contributed by atoms with Crippen molar-refractivity contribution >= 4 is 16.6 Å². The third kappa shape index (κ3) is 4.88. The highest BCUT2D eigenvalue weighted by Crippen LogP contribution is 2.28. The molecule has 1 saturated heterocycles. The van der Waals surface area contributed by atoms with E-state index in [2.05, 4.69) is 25.0 Å². The molecule has 1 aliphatic rings. The van der Waals surface area contributed by atoms with Crippen molar-refractivity contribution in [1.82, 2.24) is 20.1 Å². The minimum atomic E-state index is -0.340. The number of aromatic amines is 1. The summed E-state index contributed by atoms with van der Waals surface area (Å²) in [4.78, 5) is 21.2. The number of H-pyrrole nitrogens is 1.